The van der Waals surface area contributed by atoms with Gasteiger partial charge >= 0.3 is 0 Å². The van der Waals surface area contributed by atoms with Crippen molar-refractivity contribution in [1.82, 2.24) is 5.32 Å². The molecule has 2 heteroatoms. The van der Waals surface area contributed by atoms with Crippen molar-refractivity contribution < 1.29 is 4.74 Å². The number of rotatable bonds is 4. The monoisotopic (exact) mass is 227 g/mol. The van der Waals surface area contributed by atoms with Crippen LogP contribution in [-0.4, -0.2) is 25.8 Å². The van der Waals surface area contributed by atoms with Crippen molar-refractivity contribution in [1.29, 1.82) is 0 Å². The molecule has 0 saturated heterocycles. The van der Waals surface area contributed by atoms with Gasteiger partial charge in [0, 0.05) is 19.7 Å². The van der Waals surface area contributed by atoms with Crippen LogP contribution in [0.15, 0.2) is 0 Å². The van der Waals surface area contributed by atoms with Crippen LogP contribution < -0.4 is 5.32 Å². The van der Waals surface area contributed by atoms with Crippen LogP contribution in [0.2, 0.25) is 0 Å². The zero-order chi connectivity index (χ0) is 12.2. The summed E-state index contributed by atoms with van der Waals surface area (Å²) in [7, 11) is 1.79. The van der Waals surface area contributed by atoms with E-state index in [-0.39, 0.29) is 0 Å². The van der Waals surface area contributed by atoms with Gasteiger partial charge in [-0.3, -0.25) is 0 Å². The second kappa shape index (κ2) is 6.02. The predicted molar refractivity (Wildman–Crippen MR) is 69.7 cm³/mol. The van der Waals surface area contributed by atoms with Crippen molar-refractivity contribution in [3.05, 3.63) is 0 Å². The molecule has 1 rings (SSSR count). The molecule has 0 heterocycles. The van der Waals surface area contributed by atoms with Crippen LogP contribution in [0.3, 0.4) is 0 Å². The summed E-state index contributed by atoms with van der Waals surface area (Å²) in [5.41, 5.74) is 0.425. The van der Waals surface area contributed by atoms with E-state index in [1.807, 2.05) is 0 Å². The van der Waals surface area contributed by atoms with E-state index in [2.05, 4.69) is 33.0 Å². The lowest BCUT2D eigenvalue weighted by Crippen LogP contribution is -2.46. The Morgan fingerprint density at radius 1 is 1.25 bits per heavy atom. The molecule has 0 radical (unpaired) electrons. The highest BCUT2D eigenvalue weighted by atomic mass is 16.5. The topological polar surface area (TPSA) is 21.3 Å². The highest BCUT2D eigenvalue weighted by molar-refractivity contribution is 4.88. The molecular weight excluding hydrogens is 198 g/mol. The van der Waals surface area contributed by atoms with Gasteiger partial charge in [0.25, 0.3) is 0 Å². The molecule has 0 aromatic carbocycles. The molecular formula is C14H29NO. The van der Waals surface area contributed by atoms with Crippen molar-refractivity contribution in [2.75, 3.05) is 13.7 Å². The highest BCUT2D eigenvalue weighted by Gasteiger charge is 2.33. The van der Waals surface area contributed by atoms with Crippen LogP contribution in [0.4, 0.5) is 0 Å². The lowest BCUT2D eigenvalue weighted by atomic mass is 9.69. The van der Waals surface area contributed by atoms with Crippen LogP contribution in [0.5, 0.6) is 0 Å². The Labute approximate surface area is 101 Å². The zero-order valence-corrected chi connectivity index (χ0v) is 11.7. The molecule has 2 nitrogen and oxygen atoms in total. The van der Waals surface area contributed by atoms with Crippen molar-refractivity contribution in [3.8, 4) is 0 Å². The summed E-state index contributed by atoms with van der Waals surface area (Å²) in [5.74, 6) is 0.810. The second-order valence-electron chi connectivity index (χ2n) is 6.32. The van der Waals surface area contributed by atoms with E-state index in [1.165, 1.54) is 25.7 Å². The smallest absolute Gasteiger partial charge is 0.0667 e. The quantitative estimate of drug-likeness (QED) is 0.796. The third-order valence-corrected chi connectivity index (χ3v) is 3.95. The average molecular weight is 227 g/mol. The Morgan fingerprint density at radius 3 is 2.44 bits per heavy atom. The van der Waals surface area contributed by atoms with E-state index in [0.717, 1.165) is 12.5 Å². The summed E-state index contributed by atoms with van der Waals surface area (Å²) in [6, 6.07) is 0.686. The Kier molecular flexibility index (Phi) is 5.26. The molecule has 0 bridgehead atoms. The molecule has 0 spiro atoms. The fraction of sp³-hybridized carbons (Fsp3) is 1.00. The minimum absolute atomic E-state index is 0.322. The standard InChI is InChI=1S/C14H29NO/c1-11(16-5)10-15-13-9-7-6-8-12(13)14(2,3)4/h11-13,15H,6-10H2,1-5H3. The molecule has 0 aliphatic heterocycles. The SMILES string of the molecule is COC(C)CNC1CCCCC1C(C)(C)C. The van der Waals surface area contributed by atoms with E-state index in [1.54, 1.807) is 7.11 Å². The first kappa shape index (κ1) is 14.0. The summed E-state index contributed by atoms with van der Waals surface area (Å²) in [4.78, 5) is 0. The number of methoxy groups -OCH3 is 1. The van der Waals surface area contributed by atoms with E-state index in [0.29, 0.717) is 17.6 Å². The first-order valence-corrected chi connectivity index (χ1v) is 6.71. The number of ether oxygens (including phenoxy) is 1. The summed E-state index contributed by atoms with van der Waals surface area (Å²) in [6.45, 7) is 10.2. The normalized spacial score (nSPS) is 29.1. The van der Waals surface area contributed by atoms with Gasteiger partial charge in [-0.15, -0.1) is 0 Å². The Morgan fingerprint density at radius 2 is 1.88 bits per heavy atom. The van der Waals surface area contributed by atoms with Gasteiger partial charge in [0.15, 0.2) is 0 Å². The summed E-state index contributed by atoms with van der Waals surface area (Å²) >= 11 is 0. The number of hydrogen-bond donors (Lipinski definition) is 1. The van der Waals surface area contributed by atoms with E-state index in [9.17, 15) is 0 Å². The Hall–Kier alpha value is -0.0800. The van der Waals surface area contributed by atoms with Gasteiger partial charge in [0.05, 0.1) is 6.10 Å². The van der Waals surface area contributed by atoms with Gasteiger partial charge in [0.1, 0.15) is 0 Å². The molecule has 96 valence electrons. The molecule has 1 N–H and O–H groups in total. The lowest BCUT2D eigenvalue weighted by Gasteiger charge is -2.41. The minimum atomic E-state index is 0.322. The maximum absolute atomic E-state index is 5.30. The van der Waals surface area contributed by atoms with Gasteiger partial charge in [-0.1, -0.05) is 33.6 Å². The van der Waals surface area contributed by atoms with Crippen LogP contribution in [0, 0.1) is 11.3 Å². The summed E-state index contributed by atoms with van der Waals surface area (Å²) in [5, 5.41) is 3.70. The summed E-state index contributed by atoms with van der Waals surface area (Å²) < 4.78 is 5.30. The maximum atomic E-state index is 5.30. The van der Waals surface area contributed by atoms with Crippen LogP contribution in [0.25, 0.3) is 0 Å². The van der Waals surface area contributed by atoms with Crippen LogP contribution in [-0.2, 0) is 4.74 Å². The second-order valence-corrected chi connectivity index (χ2v) is 6.32. The predicted octanol–water partition coefficient (Wildman–Crippen LogP) is 3.22. The molecule has 0 aromatic rings. The maximum Gasteiger partial charge on any atom is 0.0667 e. The Balaban J connectivity index is 2.47. The van der Waals surface area contributed by atoms with Crippen molar-refractivity contribution in [2.45, 2.75) is 65.5 Å². The molecule has 3 unspecified atom stereocenters. The highest BCUT2D eigenvalue weighted by Crippen LogP contribution is 2.37. The van der Waals surface area contributed by atoms with Crippen LogP contribution >= 0.6 is 0 Å². The molecule has 1 aliphatic carbocycles. The number of hydrogen-bond acceptors (Lipinski definition) is 2. The lowest BCUT2D eigenvalue weighted by molar-refractivity contribution is 0.0894. The fourth-order valence-corrected chi connectivity index (χ4v) is 2.81. The van der Waals surface area contributed by atoms with Crippen molar-refractivity contribution >= 4 is 0 Å². The Bertz CT molecular complexity index is 197. The first-order valence-electron chi connectivity index (χ1n) is 6.71. The number of nitrogens with one attached hydrogen (secondary N) is 1. The molecule has 1 fully saturated rings. The fourth-order valence-electron chi connectivity index (χ4n) is 2.81. The molecule has 1 aliphatic rings. The minimum Gasteiger partial charge on any atom is -0.380 e. The van der Waals surface area contributed by atoms with Gasteiger partial charge < -0.3 is 10.1 Å². The average Bonchev–Trinajstić information content (AvgIpc) is 2.25. The van der Waals surface area contributed by atoms with Crippen molar-refractivity contribution in [2.24, 2.45) is 11.3 Å². The largest absolute Gasteiger partial charge is 0.380 e. The van der Waals surface area contributed by atoms with Gasteiger partial charge in [-0.05, 0) is 31.1 Å². The van der Waals surface area contributed by atoms with E-state index in [4.69, 9.17) is 4.74 Å². The zero-order valence-electron chi connectivity index (χ0n) is 11.7. The third kappa shape index (κ3) is 4.06. The molecule has 0 aromatic heterocycles. The third-order valence-electron chi connectivity index (χ3n) is 3.95. The van der Waals surface area contributed by atoms with E-state index < -0.39 is 0 Å². The van der Waals surface area contributed by atoms with Crippen molar-refractivity contribution in [3.63, 3.8) is 0 Å². The molecule has 1 saturated carbocycles. The molecule has 0 amide bonds. The van der Waals surface area contributed by atoms with E-state index >= 15 is 0 Å². The van der Waals surface area contributed by atoms with Gasteiger partial charge in [-0.25, -0.2) is 0 Å². The molecule has 16 heavy (non-hydrogen) atoms. The summed E-state index contributed by atoms with van der Waals surface area (Å²) in [6.07, 6.45) is 5.81. The van der Waals surface area contributed by atoms with Crippen LogP contribution in [0.1, 0.15) is 53.4 Å². The molecule has 3 atom stereocenters. The first-order chi connectivity index (χ1) is 7.45. The van der Waals surface area contributed by atoms with Gasteiger partial charge in [-0.2, -0.15) is 0 Å². The van der Waals surface area contributed by atoms with Gasteiger partial charge in [0.2, 0.25) is 0 Å².